The van der Waals surface area contributed by atoms with E-state index in [4.69, 9.17) is 0 Å². The molecule has 0 radical (unpaired) electrons. The molecule has 0 unspecified atom stereocenters. The SMILES string of the molecule is O=C1N(Cc2ccc(F)cc2)CCN1C1CCNCC1. The van der Waals surface area contributed by atoms with Gasteiger partial charge < -0.3 is 15.1 Å². The van der Waals surface area contributed by atoms with Gasteiger partial charge in [0.2, 0.25) is 0 Å². The third kappa shape index (κ3) is 2.77. The van der Waals surface area contributed by atoms with Crippen LogP contribution in [0.1, 0.15) is 18.4 Å². The number of amides is 2. The summed E-state index contributed by atoms with van der Waals surface area (Å²) in [5.41, 5.74) is 0.979. The molecular weight excluding hydrogens is 257 g/mol. The highest BCUT2D eigenvalue weighted by Crippen LogP contribution is 2.20. The molecule has 5 heteroatoms. The lowest BCUT2D eigenvalue weighted by atomic mass is 10.1. The van der Waals surface area contributed by atoms with Crippen LogP contribution in [0.15, 0.2) is 24.3 Å². The molecule has 0 spiro atoms. The van der Waals surface area contributed by atoms with Crippen LogP contribution in [-0.2, 0) is 6.54 Å². The van der Waals surface area contributed by atoms with Gasteiger partial charge in [0.15, 0.2) is 0 Å². The minimum atomic E-state index is -0.238. The van der Waals surface area contributed by atoms with Gasteiger partial charge in [-0.25, -0.2) is 9.18 Å². The monoisotopic (exact) mass is 277 g/mol. The van der Waals surface area contributed by atoms with E-state index in [9.17, 15) is 9.18 Å². The van der Waals surface area contributed by atoms with Crippen LogP contribution in [0.4, 0.5) is 9.18 Å². The summed E-state index contributed by atoms with van der Waals surface area (Å²) < 4.78 is 12.9. The van der Waals surface area contributed by atoms with Crippen molar-refractivity contribution in [2.75, 3.05) is 26.2 Å². The third-order valence-electron chi connectivity index (χ3n) is 4.16. The molecule has 4 nitrogen and oxygen atoms in total. The zero-order valence-electron chi connectivity index (χ0n) is 11.5. The molecule has 1 aromatic carbocycles. The van der Waals surface area contributed by atoms with Gasteiger partial charge >= 0.3 is 6.03 Å². The lowest BCUT2D eigenvalue weighted by molar-refractivity contribution is 0.165. The summed E-state index contributed by atoms with van der Waals surface area (Å²) >= 11 is 0. The summed E-state index contributed by atoms with van der Waals surface area (Å²) in [6.07, 6.45) is 2.08. The Balaban J connectivity index is 1.61. The van der Waals surface area contributed by atoms with Crippen molar-refractivity contribution in [3.63, 3.8) is 0 Å². The van der Waals surface area contributed by atoms with E-state index in [2.05, 4.69) is 5.32 Å². The number of piperidine rings is 1. The van der Waals surface area contributed by atoms with Gasteiger partial charge in [-0.1, -0.05) is 12.1 Å². The number of nitrogens with zero attached hydrogens (tertiary/aromatic N) is 2. The zero-order chi connectivity index (χ0) is 13.9. The molecule has 2 amide bonds. The van der Waals surface area contributed by atoms with E-state index in [1.165, 1.54) is 12.1 Å². The minimum absolute atomic E-state index is 0.126. The second-order valence-electron chi connectivity index (χ2n) is 5.51. The van der Waals surface area contributed by atoms with E-state index < -0.39 is 0 Å². The number of urea groups is 1. The molecule has 2 aliphatic heterocycles. The summed E-state index contributed by atoms with van der Waals surface area (Å²) in [5, 5.41) is 3.32. The second kappa shape index (κ2) is 5.79. The van der Waals surface area contributed by atoms with Crippen LogP contribution < -0.4 is 5.32 Å². The summed E-state index contributed by atoms with van der Waals surface area (Å²) in [6.45, 7) is 4.13. The lowest BCUT2D eigenvalue weighted by Gasteiger charge is -2.31. The summed E-state index contributed by atoms with van der Waals surface area (Å²) in [7, 11) is 0. The van der Waals surface area contributed by atoms with Gasteiger partial charge in [-0.05, 0) is 43.6 Å². The number of halogens is 1. The van der Waals surface area contributed by atoms with Gasteiger partial charge in [0.25, 0.3) is 0 Å². The highest BCUT2D eigenvalue weighted by molar-refractivity contribution is 5.76. The molecule has 108 valence electrons. The maximum Gasteiger partial charge on any atom is 0.320 e. The van der Waals surface area contributed by atoms with Gasteiger partial charge in [-0.3, -0.25) is 0 Å². The normalized spacial score (nSPS) is 20.8. The van der Waals surface area contributed by atoms with Crippen LogP contribution in [0.5, 0.6) is 0 Å². The molecule has 2 fully saturated rings. The first-order valence-corrected chi connectivity index (χ1v) is 7.25. The number of carbonyl (C=O) groups is 1. The van der Waals surface area contributed by atoms with Crippen molar-refractivity contribution in [2.45, 2.75) is 25.4 Å². The highest BCUT2D eigenvalue weighted by Gasteiger charge is 2.33. The summed E-state index contributed by atoms with van der Waals surface area (Å²) in [6, 6.07) is 6.88. The van der Waals surface area contributed by atoms with Crippen molar-refractivity contribution in [1.82, 2.24) is 15.1 Å². The molecule has 0 bridgehead atoms. The standard InChI is InChI=1S/C15H20FN3O/c16-13-3-1-12(2-4-13)11-18-9-10-19(15(18)20)14-5-7-17-8-6-14/h1-4,14,17H,5-11H2. The molecule has 2 aliphatic rings. The van der Waals surface area contributed by atoms with E-state index in [1.54, 1.807) is 12.1 Å². The quantitative estimate of drug-likeness (QED) is 0.914. The average molecular weight is 277 g/mol. The first-order valence-electron chi connectivity index (χ1n) is 7.25. The number of benzene rings is 1. The molecular formula is C15H20FN3O. The zero-order valence-corrected chi connectivity index (χ0v) is 11.5. The average Bonchev–Trinajstić information content (AvgIpc) is 2.84. The van der Waals surface area contributed by atoms with E-state index in [0.29, 0.717) is 12.6 Å². The van der Waals surface area contributed by atoms with Crippen molar-refractivity contribution in [2.24, 2.45) is 0 Å². The molecule has 20 heavy (non-hydrogen) atoms. The lowest BCUT2D eigenvalue weighted by Crippen LogP contribution is -2.45. The number of hydrogen-bond acceptors (Lipinski definition) is 2. The molecule has 1 N–H and O–H groups in total. The second-order valence-corrected chi connectivity index (χ2v) is 5.51. The van der Waals surface area contributed by atoms with Gasteiger partial charge in [0.05, 0.1) is 0 Å². The van der Waals surface area contributed by atoms with Crippen LogP contribution in [0.3, 0.4) is 0 Å². The Morgan fingerprint density at radius 3 is 2.55 bits per heavy atom. The number of hydrogen-bond donors (Lipinski definition) is 1. The van der Waals surface area contributed by atoms with Crippen LogP contribution in [0.2, 0.25) is 0 Å². The maximum atomic E-state index is 12.9. The van der Waals surface area contributed by atoms with Gasteiger partial charge in [0, 0.05) is 25.7 Å². The number of carbonyl (C=O) groups excluding carboxylic acids is 1. The molecule has 2 heterocycles. The molecule has 0 aromatic heterocycles. The molecule has 1 aromatic rings. The largest absolute Gasteiger partial charge is 0.320 e. The Morgan fingerprint density at radius 2 is 1.85 bits per heavy atom. The van der Waals surface area contributed by atoms with E-state index in [-0.39, 0.29) is 11.8 Å². The third-order valence-corrected chi connectivity index (χ3v) is 4.16. The Bertz CT molecular complexity index is 471. The highest BCUT2D eigenvalue weighted by atomic mass is 19.1. The topological polar surface area (TPSA) is 35.6 Å². The summed E-state index contributed by atoms with van der Waals surface area (Å²) in [5.74, 6) is -0.238. The first kappa shape index (κ1) is 13.4. The van der Waals surface area contributed by atoms with Gasteiger partial charge in [0.1, 0.15) is 5.82 Å². The molecule has 0 atom stereocenters. The Morgan fingerprint density at radius 1 is 1.15 bits per heavy atom. The Hall–Kier alpha value is -1.62. The van der Waals surface area contributed by atoms with Crippen molar-refractivity contribution in [3.8, 4) is 0 Å². The van der Waals surface area contributed by atoms with Crippen LogP contribution in [0.25, 0.3) is 0 Å². The van der Waals surface area contributed by atoms with Crippen molar-refractivity contribution < 1.29 is 9.18 Å². The van der Waals surface area contributed by atoms with Gasteiger partial charge in [-0.2, -0.15) is 0 Å². The van der Waals surface area contributed by atoms with Crippen molar-refractivity contribution in [3.05, 3.63) is 35.6 Å². The maximum absolute atomic E-state index is 12.9. The minimum Gasteiger partial charge on any atom is -0.320 e. The fourth-order valence-electron chi connectivity index (χ4n) is 3.02. The van der Waals surface area contributed by atoms with E-state index >= 15 is 0 Å². The number of nitrogens with one attached hydrogen (secondary N) is 1. The fraction of sp³-hybridized carbons (Fsp3) is 0.533. The predicted molar refractivity (Wildman–Crippen MR) is 74.8 cm³/mol. The molecule has 0 saturated carbocycles. The van der Waals surface area contributed by atoms with Crippen molar-refractivity contribution in [1.29, 1.82) is 0 Å². The first-order chi connectivity index (χ1) is 9.74. The predicted octanol–water partition coefficient (Wildman–Crippen LogP) is 1.82. The summed E-state index contributed by atoms with van der Waals surface area (Å²) in [4.78, 5) is 16.3. The van der Waals surface area contributed by atoms with Gasteiger partial charge in [-0.15, -0.1) is 0 Å². The molecule has 0 aliphatic carbocycles. The Labute approximate surface area is 118 Å². The molecule has 3 rings (SSSR count). The van der Waals surface area contributed by atoms with E-state index in [0.717, 1.165) is 44.6 Å². The smallest absolute Gasteiger partial charge is 0.320 e. The van der Waals surface area contributed by atoms with E-state index in [1.807, 2.05) is 9.80 Å². The van der Waals surface area contributed by atoms with Crippen LogP contribution in [0, 0.1) is 5.82 Å². The Kier molecular flexibility index (Phi) is 3.87. The van der Waals surface area contributed by atoms with Crippen molar-refractivity contribution >= 4 is 6.03 Å². The van der Waals surface area contributed by atoms with Crippen LogP contribution >= 0.6 is 0 Å². The van der Waals surface area contributed by atoms with Crippen LogP contribution in [-0.4, -0.2) is 48.1 Å². The number of rotatable bonds is 3. The fourth-order valence-corrected chi connectivity index (χ4v) is 3.02. The molecule has 2 saturated heterocycles.